The van der Waals surface area contributed by atoms with Gasteiger partial charge in [0.15, 0.2) is 0 Å². The number of rotatable bonds is 6. The molecule has 0 bridgehead atoms. The quantitative estimate of drug-likeness (QED) is 0.845. The molecule has 0 aliphatic heterocycles. The maximum atomic E-state index is 11.8. The molecule has 100 valence electrons. The predicted molar refractivity (Wildman–Crippen MR) is 79.7 cm³/mol. The van der Waals surface area contributed by atoms with Gasteiger partial charge in [-0.2, -0.15) is 0 Å². The average molecular weight is 313 g/mol. The van der Waals surface area contributed by atoms with E-state index in [0.717, 1.165) is 16.6 Å². The van der Waals surface area contributed by atoms with Crippen LogP contribution in [0.1, 0.15) is 27.2 Å². The smallest absolute Gasteiger partial charge is 0.238 e. The SMILES string of the molecule is CC(C)CC(C)NCC(=O)Nc1ccccc1Br. The van der Waals surface area contributed by atoms with Gasteiger partial charge in [0.1, 0.15) is 0 Å². The van der Waals surface area contributed by atoms with Crippen molar-refractivity contribution >= 4 is 27.5 Å². The number of carbonyl (C=O) groups is 1. The second kappa shape index (κ2) is 7.54. The van der Waals surface area contributed by atoms with Gasteiger partial charge in [0.25, 0.3) is 0 Å². The van der Waals surface area contributed by atoms with Crippen LogP contribution in [0.3, 0.4) is 0 Å². The van der Waals surface area contributed by atoms with E-state index in [0.29, 0.717) is 18.5 Å². The second-order valence-electron chi connectivity index (χ2n) is 4.94. The third-order valence-electron chi connectivity index (χ3n) is 2.58. The first-order chi connectivity index (χ1) is 8.49. The van der Waals surface area contributed by atoms with E-state index in [2.05, 4.69) is 47.3 Å². The van der Waals surface area contributed by atoms with Crippen molar-refractivity contribution in [3.63, 3.8) is 0 Å². The summed E-state index contributed by atoms with van der Waals surface area (Å²) in [6, 6.07) is 7.96. The van der Waals surface area contributed by atoms with Gasteiger partial charge >= 0.3 is 0 Å². The fraction of sp³-hybridized carbons (Fsp3) is 0.500. The number of hydrogen-bond acceptors (Lipinski definition) is 2. The first-order valence-corrected chi connectivity index (χ1v) is 7.06. The summed E-state index contributed by atoms with van der Waals surface area (Å²) in [4.78, 5) is 11.8. The average Bonchev–Trinajstić information content (AvgIpc) is 2.29. The molecule has 4 heteroatoms. The van der Waals surface area contributed by atoms with E-state index in [1.54, 1.807) is 0 Å². The van der Waals surface area contributed by atoms with Crippen LogP contribution in [0.4, 0.5) is 5.69 Å². The highest BCUT2D eigenvalue weighted by Crippen LogP contribution is 2.20. The largest absolute Gasteiger partial charge is 0.324 e. The summed E-state index contributed by atoms with van der Waals surface area (Å²) < 4.78 is 0.897. The summed E-state index contributed by atoms with van der Waals surface area (Å²) in [6.45, 7) is 6.81. The predicted octanol–water partition coefficient (Wildman–Crippen LogP) is 3.41. The van der Waals surface area contributed by atoms with Crippen LogP contribution < -0.4 is 10.6 Å². The van der Waals surface area contributed by atoms with E-state index < -0.39 is 0 Å². The molecule has 0 aromatic heterocycles. The van der Waals surface area contributed by atoms with Crippen LogP contribution in [-0.4, -0.2) is 18.5 Å². The molecule has 0 aliphatic rings. The molecule has 0 saturated carbocycles. The lowest BCUT2D eigenvalue weighted by atomic mass is 10.1. The Morgan fingerprint density at radius 3 is 2.56 bits per heavy atom. The minimum absolute atomic E-state index is 0.0162. The Morgan fingerprint density at radius 2 is 1.94 bits per heavy atom. The van der Waals surface area contributed by atoms with Crippen LogP contribution in [0.25, 0.3) is 0 Å². The molecule has 2 N–H and O–H groups in total. The van der Waals surface area contributed by atoms with Crippen LogP contribution in [0.5, 0.6) is 0 Å². The molecule has 0 spiro atoms. The van der Waals surface area contributed by atoms with Crippen molar-refractivity contribution in [3.05, 3.63) is 28.7 Å². The Labute approximate surface area is 117 Å². The first kappa shape index (κ1) is 15.2. The molecule has 1 rings (SSSR count). The third-order valence-corrected chi connectivity index (χ3v) is 3.28. The van der Waals surface area contributed by atoms with Crippen LogP contribution in [0.2, 0.25) is 0 Å². The molecule has 1 unspecified atom stereocenters. The minimum Gasteiger partial charge on any atom is -0.324 e. The highest BCUT2D eigenvalue weighted by Gasteiger charge is 2.08. The summed E-state index contributed by atoms with van der Waals surface area (Å²) in [7, 11) is 0. The molecule has 0 saturated heterocycles. The molecule has 0 radical (unpaired) electrons. The zero-order valence-electron chi connectivity index (χ0n) is 11.2. The minimum atomic E-state index is -0.0162. The summed E-state index contributed by atoms with van der Waals surface area (Å²) in [5.74, 6) is 0.622. The van der Waals surface area contributed by atoms with E-state index in [-0.39, 0.29) is 5.91 Å². The van der Waals surface area contributed by atoms with Crippen molar-refractivity contribution in [3.8, 4) is 0 Å². The van der Waals surface area contributed by atoms with Gasteiger partial charge in [0.2, 0.25) is 5.91 Å². The number of hydrogen-bond donors (Lipinski definition) is 2. The Kier molecular flexibility index (Phi) is 6.36. The van der Waals surface area contributed by atoms with Gasteiger partial charge < -0.3 is 10.6 Å². The lowest BCUT2D eigenvalue weighted by Crippen LogP contribution is -2.35. The number of carbonyl (C=O) groups excluding carboxylic acids is 1. The van der Waals surface area contributed by atoms with Crippen LogP contribution in [0.15, 0.2) is 28.7 Å². The molecule has 0 aliphatic carbocycles. The summed E-state index contributed by atoms with van der Waals surface area (Å²) in [5.41, 5.74) is 0.806. The van der Waals surface area contributed by atoms with E-state index >= 15 is 0 Å². The van der Waals surface area contributed by atoms with Crippen LogP contribution in [-0.2, 0) is 4.79 Å². The van der Waals surface area contributed by atoms with Gasteiger partial charge in [-0.05, 0) is 47.3 Å². The van der Waals surface area contributed by atoms with E-state index in [1.165, 1.54) is 0 Å². The Balaban J connectivity index is 2.36. The van der Waals surface area contributed by atoms with Gasteiger partial charge in [0, 0.05) is 10.5 Å². The topological polar surface area (TPSA) is 41.1 Å². The monoisotopic (exact) mass is 312 g/mol. The number of para-hydroxylation sites is 1. The van der Waals surface area contributed by atoms with E-state index in [9.17, 15) is 4.79 Å². The summed E-state index contributed by atoms with van der Waals surface area (Å²) in [5, 5.41) is 6.10. The zero-order valence-corrected chi connectivity index (χ0v) is 12.8. The van der Waals surface area contributed by atoms with Crippen molar-refractivity contribution in [1.29, 1.82) is 0 Å². The van der Waals surface area contributed by atoms with Crippen molar-refractivity contribution in [2.75, 3.05) is 11.9 Å². The molecule has 1 atom stereocenters. The Morgan fingerprint density at radius 1 is 1.28 bits per heavy atom. The second-order valence-corrected chi connectivity index (χ2v) is 5.79. The highest BCUT2D eigenvalue weighted by atomic mass is 79.9. The van der Waals surface area contributed by atoms with Crippen molar-refractivity contribution < 1.29 is 4.79 Å². The van der Waals surface area contributed by atoms with Gasteiger partial charge in [-0.1, -0.05) is 26.0 Å². The number of anilines is 1. The molecular weight excluding hydrogens is 292 g/mol. The van der Waals surface area contributed by atoms with E-state index in [4.69, 9.17) is 0 Å². The number of benzene rings is 1. The van der Waals surface area contributed by atoms with Gasteiger partial charge in [0.05, 0.1) is 12.2 Å². The normalized spacial score (nSPS) is 12.5. The van der Waals surface area contributed by atoms with Crippen LogP contribution >= 0.6 is 15.9 Å². The van der Waals surface area contributed by atoms with Crippen molar-refractivity contribution in [2.45, 2.75) is 33.2 Å². The molecule has 0 heterocycles. The van der Waals surface area contributed by atoms with Crippen molar-refractivity contribution in [2.24, 2.45) is 5.92 Å². The number of halogens is 1. The standard InChI is InChI=1S/C14H21BrN2O/c1-10(2)8-11(3)16-9-14(18)17-13-7-5-4-6-12(13)15/h4-7,10-11,16H,8-9H2,1-3H3,(H,17,18). The van der Waals surface area contributed by atoms with Crippen LogP contribution in [0, 0.1) is 5.92 Å². The maximum absolute atomic E-state index is 11.8. The molecule has 0 fully saturated rings. The molecule has 1 aromatic rings. The summed E-state index contributed by atoms with van der Waals surface area (Å²) in [6.07, 6.45) is 1.07. The molecule has 1 aromatic carbocycles. The third kappa shape index (κ3) is 5.65. The molecule has 1 amide bonds. The lowest BCUT2D eigenvalue weighted by Gasteiger charge is -2.15. The number of nitrogens with one attached hydrogen (secondary N) is 2. The Bertz CT molecular complexity index is 393. The lowest BCUT2D eigenvalue weighted by molar-refractivity contribution is -0.115. The zero-order chi connectivity index (χ0) is 13.5. The summed E-state index contributed by atoms with van der Waals surface area (Å²) >= 11 is 3.40. The van der Waals surface area contributed by atoms with Gasteiger partial charge in [-0.3, -0.25) is 4.79 Å². The fourth-order valence-electron chi connectivity index (χ4n) is 1.81. The Hall–Kier alpha value is -0.870. The van der Waals surface area contributed by atoms with E-state index in [1.807, 2.05) is 24.3 Å². The molecular formula is C14H21BrN2O. The fourth-order valence-corrected chi connectivity index (χ4v) is 2.20. The van der Waals surface area contributed by atoms with Gasteiger partial charge in [-0.15, -0.1) is 0 Å². The molecule has 18 heavy (non-hydrogen) atoms. The van der Waals surface area contributed by atoms with Crippen molar-refractivity contribution in [1.82, 2.24) is 5.32 Å². The maximum Gasteiger partial charge on any atom is 0.238 e. The number of amides is 1. The highest BCUT2D eigenvalue weighted by molar-refractivity contribution is 9.10. The molecule has 3 nitrogen and oxygen atoms in total. The first-order valence-electron chi connectivity index (χ1n) is 6.26. The van der Waals surface area contributed by atoms with Gasteiger partial charge in [-0.25, -0.2) is 0 Å².